The standard InChI is InChI=1S/C31H40N2O7/c1-20(2)10-15-40-25-9-6-22(19-26(25)38-5)28-27(29(34)24-8-7-23(37-4)18-21(24)3)30(35)31(36)33(28)12-11-32-13-16-39-17-14-32/h6-9,18-20,28,34H,10-17H2,1-5H3/b29-27+. The molecule has 4 rings (SSSR count). The van der Waals surface area contributed by atoms with E-state index in [0.29, 0.717) is 67.2 Å². The molecule has 0 radical (unpaired) electrons. The second kappa shape index (κ2) is 13.2. The van der Waals surface area contributed by atoms with Crippen molar-refractivity contribution in [3.8, 4) is 17.2 Å². The number of methoxy groups -OCH3 is 2. The molecule has 0 aromatic heterocycles. The zero-order valence-corrected chi connectivity index (χ0v) is 24.1. The average Bonchev–Trinajstić information content (AvgIpc) is 3.21. The second-order valence-corrected chi connectivity index (χ2v) is 10.6. The van der Waals surface area contributed by atoms with E-state index in [1.807, 2.05) is 13.0 Å². The number of hydrogen-bond donors (Lipinski definition) is 1. The van der Waals surface area contributed by atoms with Crippen LogP contribution < -0.4 is 14.2 Å². The molecule has 216 valence electrons. The number of aliphatic hydroxyl groups is 1. The van der Waals surface area contributed by atoms with Gasteiger partial charge in [0, 0.05) is 31.7 Å². The lowest BCUT2D eigenvalue weighted by Gasteiger charge is -2.31. The molecule has 0 aliphatic carbocycles. The highest BCUT2D eigenvalue weighted by molar-refractivity contribution is 6.46. The minimum atomic E-state index is -0.791. The first-order chi connectivity index (χ1) is 19.2. The topological polar surface area (TPSA) is 97.8 Å². The molecule has 1 amide bonds. The molecule has 2 fully saturated rings. The van der Waals surface area contributed by atoms with Crippen LogP contribution in [0.3, 0.4) is 0 Å². The molecule has 0 saturated carbocycles. The minimum Gasteiger partial charge on any atom is -0.507 e. The zero-order chi connectivity index (χ0) is 28.8. The third-order valence-electron chi connectivity index (χ3n) is 7.45. The predicted molar refractivity (Wildman–Crippen MR) is 152 cm³/mol. The van der Waals surface area contributed by atoms with Crippen molar-refractivity contribution in [1.82, 2.24) is 9.80 Å². The summed E-state index contributed by atoms with van der Waals surface area (Å²) in [6.07, 6.45) is 0.897. The Morgan fingerprint density at radius 2 is 1.77 bits per heavy atom. The van der Waals surface area contributed by atoms with Crippen LogP contribution in [0.25, 0.3) is 5.76 Å². The van der Waals surface area contributed by atoms with Gasteiger partial charge in [0.25, 0.3) is 11.7 Å². The third kappa shape index (κ3) is 6.42. The lowest BCUT2D eigenvalue weighted by atomic mass is 9.93. The van der Waals surface area contributed by atoms with Gasteiger partial charge in [-0.15, -0.1) is 0 Å². The van der Waals surface area contributed by atoms with E-state index in [2.05, 4.69) is 18.7 Å². The van der Waals surface area contributed by atoms with E-state index in [9.17, 15) is 14.7 Å². The Balaban J connectivity index is 1.75. The number of hydrogen-bond acceptors (Lipinski definition) is 8. The fourth-order valence-electron chi connectivity index (χ4n) is 5.08. The predicted octanol–water partition coefficient (Wildman–Crippen LogP) is 4.19. The van der Waals surface area contributed by atoms with E-state index in [1.165, 1.54) is 0 Å². The van der Waals surface area contributed by atoms with Crippen molar-refractivity contribution in [2.24, 2.45) is 5.92 Å². The van der Waals surface area contributed by atoms with Crippen LogP contribution in [0.1, 0.15) is 43.0 Å². The molecule has 40 heavy (non-hydrogen) atoms. The van der Waals surface area contributed by atoms with Gasteiger partial charge in [-0.1, -0.05) is 19.9 Å². The number of aryl methyl sites for hydroxylation is 1. The molecule has 2 aromatic carbocycles. The van der Waals surface area contributed by atoms with Crippen molar-refractivity contribution < 1.29 is 33.6 Å². The molecule has 2 aliphatic rings. The number of morpholine rings is 1. The fraction of sp³-hybridized carbons (Fsp3) is 0.484. The molecule has 0 spiro atoms. The quantitative estimate of drug-likeness (QED) is 0.252. The highest BCUT2D eigenvalue weighted by Crippen LogP contribution is 2.42. The Bertz CT molecular complexity index is 1250. The van der Waals surface area contributed by atoms with E-state index in [1.54, 1.807) is 49.5 Å². The van der Waals surface area contributed by atoms with Gasteiger partial charge in [0.1, 0.15) is 11.5 Å². The number of likely N-dealkylation sites (tertiary alicyclic amines) is 1. The second-order valence-electron chi connectivity index (χ2n) is 10.6. The van der Waals surface area contributed by atoms with Gasteiger partial charge in [0.05, 0.1) is 45.7 Å². The monoisotopic (exact) mass is 552 g/mol. The molecule has 0 bridgehead atoms. The fourth-order valence-corrected chi connectivity index (χ4v) is 5.08. The number of nitrogens with zero attached hydrogens (tertiary/aromatic N) is 2. The molecule has 2 heterocycles. The summed E-state index contributed by atoms with van der Waals surface area (Å²) in [5.41, 5.74) is 1.90. The first-order valence-electron chi connectivity index (χ1n) is 13.8. The average molecular weight is 553 g/mol. The van der Waals surface area contributed by atoms with E-state index < -0.39 is 17.7 Å². The molecule has 1 atom stereocenters. The Morgan fingerprint density at radius 3 is 2.42 bits per heavy atom. The lowest BCUT2D eigenvalue weighted by Crippen LogP contribution is -2.42. The van der Waals surface area contributed by atoms with Crippen LogP contribution >= 0.6 is 0 Å². The summed E-state index contributed by atoms with van der Waals surface area (Å²) < 4.78 is 22.4. The minimum absolute atomic E-state index is 0.0516. The summed E-state index contributed by atoms with van der Waals surface area (Å²) in [5.74, 6) is 0.655. The van der Waals surface area contributed by atoms with E-state index in [-0.39, 0.29) is 11.3 Å². The van der Waals surface area contributed by atoms with E-state index in [4.69, 9.17) is 18.9 Å². The number of rotatable bonds is 11. The summed E-state index contributed by atoms with van der Waals surface area (Å²) >= 11 is 0. The first-order valence-corrected chi connectivity index (χ1v) is 13.8. The molecular weight excluding hydrogens is 512 g/mol. The smallest absolute Gasteiger partial charge is 0.295 e. The number of carbonyl (C=O) groups is 2. The van der Waals surface area contributed by atoms with Crippen molar-refractivity contribution in [3.63, 3.8) is 0 Å². The maximum atomic E-state index is 13.5. The zero-order valence-electron chi connectivity index (χ0n) is 24.1. The van der Waals surface area contributed by atoms with E-state index >= 15 is 0 Å². The normalized spacial score (nSPS) is 19.4. The van der Waals surface area contributed by atoms with Crippen LogP contribution in [0.4, 0.5) is 0 Å². The highest BCUT2D eigenvalue weighted by Gasteiger charge is 2.46. The maximum absolute atomic E-state index is 13.5. The van der Waals surface area contributed by atoms with Crippen LogP contribution in [0.15, 0.2) is 42.0 Å². The van der Waals surface area contributed by atoms with Crippen LogP contribution in [-0.2, 0) is 14.3 Å². The van der Waals surface area contributed by atoms with Gasteiger partial charge < -0.3 is 29.0 Å². The van der Waals surface area contributed by atoms with Crippen molar-refractivity contribution in [1.29, 1.82) is 0 Å². The van der Waals surface area contributed by atoms with Crippen LogP contribution in [0.5, 0.6) is 17.2 Å². The summed E-state index contributed by atoms with van der Waals surface area (Å²) in [7, 11) is 3.13. The number of amides is 1. The van der Waals surface area contributed by atoms with Gasteiger partial charge in [-0.25, -0.2) is 0 Å². The molecule has 2 aromatic rings. The van der Waals surface area contributed by atoms with Crippen LogP contribution in [0.2, 0.25) is 0 Å². The van der Waals surface area contributed by atoms with Crippen molar-refractivity contribution >= 4 is 17.4 Å². The number of ether oxygens (including phenoxy) is 4. The summed E-state index contributed by atoms with van der Waals surface area (Å²) in [4.78, 5) is 30.7. The number of carbonyl (C=O) groups excluding carboxylic acids is 2. The molecule has 1 N–H and O–H groups in total. The highest BCUT2D eigenvalue weighted by atomic mass is 16.5. The number of Topliss-reactive ketones (excluding diaryl/α,β-unsaturated/α-hetero) is 1. The Kier molecular flexibility index (Phi) is 9.71. The lowest BCUT2D eigenvalue weighted by molar-refractivity contribution is -0.140. The SMILES string of the molecule is COc1ccc(/C(O)=C2\C(=O)C(=O)N(CCN3CCOCC3)C2c2ccc(OCCC(C)C)c(OC)c2)c(C)c1. The van der Waals surface area contributed by atoms with Gasteiger partial charge in [-0.05, 0) is 60.7 Å². The summed E-state index contributed by atoms with van der Waals surface area (Å²) in [6, 6.07) is 9.84. The maximum Gasteiger partial charge on any atom is 0.295 e. The Labute approximate surface area is 236 Å². The number of aliphatic hydroxyl groups excluding tert-OH is 1. The molecule has 9 heteroatoms. The van der Waals surface area contributed by atoms with Crippen molar-refractivity contribution in [2.75, 3.05) is 60.2 Å². The molecule has 2 aliphatic heterocycles. The Morgan fingerprint density at radius 1 is 1.02 bits per heavy atom. The Hall–Kier alpha value is -3.56. The third-order valence-corrected chi connectivity index (χ3v) is 7.45. The van der Waals surface area contributed by atoms with Gasteiger partial charge in [-0.2, -0.15) is 0 Å². The number of ketones is 1. The van der Waals surface area contributed by atoms with Crippen LogP contribution in [0, 0.1) is 12.8 Å². The largest absolute Gasteiger partial charge is 0.507 e. The first kappa shape index (κ1) is 29.4. The molecule has 2 saturated heterocycles. The van der Waals surface area contributed by atoms with Gasteiger partial charge >= 0.3 is 0 Å². The molecular formula is C31H40N2O7. The van der Waals surface area contributed by atoms with E-state index in [0.717, 1.165) is 25.1 Å². The summed E-state index contributed by atoms with van der Waals surface area (Å²) in [5, 5.41) is 11.5. The van der Waals surface area contributed by atoms with Gasteiger partial charge in [0.2, 0.25) is 0 Å². The molecule has 9 nitrogen and oxygen atoms in total. The van der Waals surface area contributed by atoms with Gasteiger partial charge in [0.15, 0.2) is 11.5 Å². The number of benzene rings is 2. The van der Waals surface area contributed by atoms with Crippen LogP contribution in [-0.4, -0.2) is 86.8 Å². The van der Waals surface area contributed by atoms with Crippen molar-refractivity contribution in [3.05, 3.63) is 58.7 Å². The summed E-state index contributed by atoms with van der Waals surface area (Å²) in [6.45, 7) is 10.3. The van der Waals surface area contributed by atoms with Gasteiger partial charge in [-0.3, -0.25) is 14.5 Å². The molecule has 1 unspecified atom stereocenters. The van der Waals surface area contributed by atoms with Crippen molar-refractivity contribution in [2.45, 2.75) is 33.2 Å².